The Morgan fingerprint density at radius 3 is 2.11 bits per heavy atom. The fourth-order valence-corrected chi connectivity index (χ4v) is 3.09. The number of aliphatic carboxylic acids is 1. The van der Waals surface area contributed by atoms with E-state index in [0.717, 1.165) is 0 Å². The molecule has 0 radical (unpaired) electrons. The van der Waals surface area contributed by atoms with Crippen LogP contribution >= 0.6 is 0 Å². The lowest BCUT2D eigenvalue weighted by Gasteiger charge is -2.34. The first-order valence-corrected chi connectivity index (χ1v) is 8.68. The van der Waals surface area contributed by atoms with Gasteiger partial charge in [-0.05, 0) is 24.1 Å². The van der Waals surface area contributed by atoms with Crippen LogP contribution in [0.25, 0.3) is 0 Å². The Hall–Kier alpha value is -3.47. The maximum atomic E-state index is 13.6. The number of nitrogens with one attached hydrogen (secondary N) is 1. The van der Waals surface area contributed by atoms with Gasteiger partial charge in [-0.3, -0.25) is 9.59 Å². The van der Waals surface area contributed by atoms with Crippen LogP contribution in [0, 0.1) is 0 Å². The van der Waals surface area contributed by atoms with E-state index in [-0.39, 0.29) is 18.6 Å². The van der Waals surface area contributed by atoms with Gasteiger partial charge in [0.1, 0.15) is 11.4 Å². The summed E-state index contributed by atoms with van der Waals surface area (Å²) in [4.78, 5) is 29.2. The Bertz CT molecular complexity index is 899. The van der Waals surface area contributed by atoms with Crippen molar-refractivity contribution in [1.29, 1.82) is 0 Å². The van der Waals surface area contributed by atoms with Gasteiger partial charge in [-0.2, -0.15) is 0 Å². The Morgan fingerprint density at radius 2 is 1.52 bits per heavy atom. The zero-order valence-electron chi connectivity index (χ0n) is 14.7. The number of hydrogen-bond donors (Lipinski definition) is 2. The Kier molecular flexibility index (Phi) is 5.61. The highest BCUT2D eigenvalue weighted by Crippen LogP contribution is 2.34. The number of hydrogen-bond acceptors (Lipinski definition) is 4. The first kappa shape index (κ1) is 18.3. The van der Waals surface area contributed by atoms with Gasteiger partial charge in [0.2, 0.25) is 0 Å². The van der Waals surface area contributed by atoms with Gasteiger partial charge in [0, 0.05) is 18.2 Å². The van der Waals surface area contributed by atoms with Crippen LogP contribution in [0.1, 0.15) is 28.8 Å². The number of ketones is 1. The van der Waals surface area contributed by atoms with Gasteiger partial charge < -0.3 is 10.4 Å². The minimum atomic E-state index is -1.24. The summed E-state index contributed by atoms with van der Waals surface area (Å²) in [6.45, 7) is 0. The molecule has 0 aliphatic rings. The van der Waals surface area contributed by atoms with Crippen LogP contribution in [0.4, 0.5) is 5.82 Å². The number of carbonyl (C=O) groups excluding carboxylic acids is 1. The van der Waals surface area contributed by atoms with Gasteiger partial charge in [-0.15, -0.1) is 0 Å². The fraction of sp³-hybridized carbons (Fsp3) is 0.136. The molecule has 136 valence electrons. The lowest BCUT2D eigenvalue weighted by atomic mass is 9.78. The predicted octanol–water partition coefficient (Wildman–Crippen LogP) is 4.14. The van der Waals surface area contributed by atoms with Crippen molar-refractivity contribution < 1.29 is 14.7 Å². The average molecular weight is 360 g/mol. The number of carboxylic acid groups (broad SMARTS) is 1. The predicted molar refractivity (Wildman–Crippen MR) is 104 cm³/mol. The Balaban J connectivity index is 2.14. The molecule has 1 atom stereocenters. The summed E-state index contributed by atoms with van der Waals surface area (Å²) < 4.78 is 0. The average Bonchev–Trinajstić information content (AvgIpc) is 2.72. The van der Waals surface area contributed by atoms with Gasteiger partial charge in [-0.1, -0.05) is 66.7 Å². The summed E-state index contributed by atoms with van der Waals surface area (Å²) in [6.07, 6.45) is 1.56. The molecule has 0 saturated carbocycles. The molecule has 27 heavy (non-hydrogen) atoms. The Morgan fingerprint density at radius 1 is 0.889 bits per heavy atom. The summed E-state index contributed by atoms with van der Waals surface area (Å²) in [5.74, 6) is -0.642. The lowest BCUT2D eigenvalue weighted by Crippen LogP contribution is -2.44. The van der Waals surface area contributed by atoms with E-state index >= 15 is 0 Å². The zero-order valence-corrected chi connectivity index (χ0v) is 14.7. The number of carboxylic acids is 1. The van der Waals surface area contributed by atoms with Crippen LogP contribution < -0.4 is 5.32 Å². The van der Waals surface area contributed by atoms with Crippen molar-refractivity contribution in [3.8, 4) is 0 Å². The van der Waals surface area contributed by atoms with Crippen molar-refractivity contribution in [2.24, 2.45) is 0 Å². The van der Waals surface area contributed by atoms with Crippen LogP contribution in [0.2, 0.25) is 0 Å². The lowest BCUT2D eigenvalue weighted by molar-refractivity contribution is -0.137. The molecule has 0 bridgehead atoms. The first-order valence-electron chi connectivity index (χ1n) is 8.68. The largest absolute Gasteiger partial charge is 0.481 e. The molecular weight excluding hydrogens is 340 g/mol. The standard InChI is InChI=1S/C22H20N2O3/c25-20(26)14-15-22(18-11-5-2-6-12-18,24-19-13-7-8-16-23-19)21(27)17-9-3-1-4-10-17/h1-13,16H,14-15H2,(H,23,24)(H,25,26). The summed E-state index contributed by atoms with van der Waals surface area (Å²) in [5.41, 5.74) is -0.0315. The van der Waals surface area contributed by atoms with E-state index in [1.165, 1.54) is 0 Å². The normalized spacial score (nSPS) is 12.7. The highest BCUT2D eigenvalue weighted by Gasteiger charge is 2.41. The molecule has 3 rings (SSSR count). The maximum absolute atomic E-state index is 13.6. The number of anilines is 1. The number of rotatable bonds is 8. The molecule has 0 amide bonds. The summed E-state index contributed by atoms with van der Waals surface area (Å²) in [7, 11) is 0. The molecular formula is C22H20N2O3. The van der Waals surface area contributed by atoms with Crippen molar-refractivity contribution in [1.82, 2.24) is 4.98 Å². The van der Waals surface area contributed by atoms with Crippen molar-refractivity contribution in [2.45, 2.75) is 18.4 Å². The quantitative estimate of drug-likeness (QED) is 0.590. The molecule has 5 nitrogen and oxygen atoms in total. The SMILES string of the molecule is O=C(O)CCC(Nc1ccccn1)(C(=O)c1ccccc1)c1ccccc1. The summed E-state index contributed by atoms with van der Waals surface area (Å²) >= 11 is 0. The number of Topliss-reactive ketones (excluding diaryl/α,β-unsaturated/α-hetero) is 1. The van der Waals surface area contributed by atoms with E-state index in [9.17, 15) is 14.7 Å². The number of aromatic nitrogens is 1. The second kappa shape index (κ2) is 8.27. The van der Waals surface area contributed by atoms with E-state index in [4.69, 9.17) is 0 Å². The molecule has 0 aliphatic carbocycles. The van der Waals surface area contributed by atoms with Crippen molar-refractivity contribution in [3.63, 3.8) is 0 Å². The topological polar surface area (TPSA) is 79.3 Å². The van der Waals surface area contributed by atoms with E-state index in [0.29, 0.717) is 16.9 Å². The van der Waals surface area contributed by atoms with Crippen molar-refractivity contribution >= 4 is 17.6 Å². The highest BCUT2D eigenvalue weighted by molar-refractivity contribution is 6.05. The summed E-state index contributed by atoms with van der Waals surface area (Å²) in [6, 6.07) is 23.5. The van der Waals surface area contributed by atoms with E-state index in [1.807, 2.05) is 42.5 Å². The zero-order chi connectivity index (χ0) is 19.1. The summed E-state index contributed by atoms with van der Waals surface area (Å²) in [5, 5.41) is 12.5. The molecule has 0 aliphatic heterocycles. The minimum absolute atomic E-state index is 0.0939. The number of carbonyl (C=O) groups is 2. The second-order valence-corrected chi connectivity index (χ2v) is 6.20. The fourth-order valence-electron chi connectivity index (χ4n) is 3.09. The molecule has 0 spiro atoms. The van der Waals surface area contributed by atoms with Crippen LogP contribution in [-0.4, -0.2) is 21.8 Å². The minimum Gasteiger partial charge on any atom is -0.481 e. The first-order chi connectivity index (χ1) is 13.1. The van der Waals surface area contributed by atoms with Gasteiger partial charge in [0.15, 0.2) is 5.78 Å². The van der Waals surface area contributed by atoms with Crippen LogP contribution in [-0.2, 0) is 10.3 Å². The maximum Gasteiger partial charge on any atom is 0.303 e. The van der Waals surface area contributed by atoms with Gasteiger partial charge in [-0.25, -0.2) is 4.98 Å². The van der Waals surface area contributed by atoms with E-state index < -0.39 is 11.5 Å². The van der Waals surface area contributed by atoms with Gasteiger partial charge in [0.05, 0.1) is 0 Å². The molecule has 0 fully saturated rings. The smallest absolute Gasteiger partial charge is 0.303 e. The molecule has 5 heteroatoms. The molecule has 1 heterocycles. The number of nitrogens with zero attached hydrogens (tertiary/aromatic N) is 1. The number of benzene rings is 2. The highest BCUT2D eigenvalue weighted by atomic mass is 16.4. The molecule has 0 saturated heterocycles. The van der Waals surface area contributed by atoms with Crippen molar-refractivity contribution in [3.05, 3.63) is 96.2 Å². The molecule has 1 aromatic heterocycles. The molecule has 1 unspecified atom stereocenters. The van der Waals surface area contributed by atoms with Gasteiger partial charge in [0.25, 0.3) is 0 Å². The number of pyridine rings is 1. The third-order valence-electron chi connectivity index (χ3n) is 4.41. The Labute approximate surface area is 157 Å². The van der Waals surface area contributed by atoms with E-state index in [1.54, 1.807) is 42.6 Å². The van der Waals surface area contributed by atoms with Crippen LogP contribution in [0.5, 0.6) is 0 Å². The molecule has 3 aromatic rings. The third-order valence-corrected chi connectivity index (χ3v) is 4.41. The van der Waals surface area contributed by atoms with Crippen LogP contribution in [0.15, 0.2) is 85.1 Å². The van der Waals surface area contributed by atoms with E-state index in [2.05, 4.69) is 10.3 Å². The van der Waals surface area contributed by atoms with Gasteiger partial charge >= 0.3 is 5.97 Å². The molecule has 2 N–H and O–H groups in total. The van der Waals surface area contributed by atoms with Crippen molar-refractivity contribution in [2.75, 3.05) is 5.32 Å². The monoisotopic (exact) mass is 360 g/mol. The second-order valence-electron chi connectivity index (χ2n) is 6.20. The third kappa shape index (κ3) is 4.20. The van der Waals surface area contributed by atoms with Crippen LogP contribution in [0.3, 0.4) is 0 Å². The molecule has 2 aromatic carbocycles.